The van der Waals surface area contributed by atoms with Gasteiger partial charge in [0.05, 0.1) is 5.92 Å². The molecule has 1 saturated heterocycles. The second kappa shape index (κ2) is 4.61. The third-order valence-corrected chi connectivity index (χ3v) is 2.91. The molecule has 1 N–H and O–H groups in total. The highest BCUT2D eigenvalue weighted by molar-refractivity contribution is 5.68. The average Bonchev–Trinajstić information content (AvgIpc) is 2.62. The number of rotatable bonds is 4. The number of hydrogen-bond acceptors (Lipinski definition) is 3. The molecule has 2 unspecified atom stereocenters. The topological polar surface area (TPSA) is 66.8 Å². The van der Waals surface area contributed by atoms with E-state index in [1.807, 2.05) is 0 Å². The quantitative estimate of drug-likeness (QED) is 0.718. The highest BCUT2D eigenvalue weighted by Gasteiger charge is 2.48. The summed E-state index contributed by atoms with van der Waals surface area (Å²) >= 11 is 0. The van der Waals surface area contributed by atoms with Gasteiger partial charge in [0.1, 0.15) is 6.29 Å². The van der Waals surface area contributed by atoms with Crippen LogP contribution in [0, 0.1) is 5.92 Å². The number of hydrogen-bond donors (Lipinski definition) is 1. The summed E-state index contributed by atoms with van der Waals surface area (Å²) in [7, 11) is 0. The fourth-order valence-electron chi connectivity index (χ4n) is 2.18. The average molecular weight is 215 g/mol. The van der Waals surface area contributed by atoms with Crippen molar-refractivity contribution in [3.63, 3.8) is 0 Å². The maximum absolute atomic E-state index is 11.0. The van der Waals surface area contributed by atoms with E-state index in [4.69, 9.17) is 9.84 Å². The van der Waals surface area contributed by atoms with Gasteiger partial charge in [0.25, 0.3) is 0 Å². The molecule has 5 heteroatoms. The minimum Gasteiger partial charge on any atom is -0.465 e. The highest BCUT2D eigenvalue weighted by Crippen LogP contribution is 2.36. The standard InChI is InChI=1S/C10H17NO4/c1-3-15-10(8(2)7-12)5-4-6-11(10)9(13)14/h7-8H,3-6H2,1-2H3,(H,13,14). The molecule has 1 aliphatic rings. The van der Waals surface area contributed by atoms with Gasteiger partial charge in [-0.05, 0) is 19.8 Å². The minimum atomic E-state index is -1.02. The summed E-state index contributed by atoms with van der Waals surface area (Å²) in [5.41, 5.74) is -0.942. The summed E-state index contributed by atoms with van der Waals surface area (Å²) in [5.74, 6) is -0.434. The zero-order valence-electron chi connectivity index (χ0n) is 9.10. The summed E-state index contributed by atoms with van der Waals surface area (Å²) in [4.78, 5) is 23.1. The second-order valence-electron chi connectivity index (χ2n) is 3.74. The van der Waals surface area contributed by atoms with Gasteiger partial charge in [-0.25, -0.2) is 4.79 Å². The predicted octanol–water partition coefficient (Wildman–Crippen LogP) is 1.33. The van der Waals surface area contributed by atoms with Crippen LogP contribution in [0.15, 0.2) is 0 Å². The number of aldehydes is 1. The van der Waals surface area contributed by atoms with Crippen LogP contribution in [-0.4, -0.2) is 41.3 Å². The Morgan fingerprint density at radius 1 is 1.73 bits per heavy atom. The number of carbonyl (C=O) groups is 2. The van der Waals surface area contributed by atoms with Crippen molar-refractivity contribution in [3.05, 3.63) is 0 Å². The van der Waals surface area contributed by atoms with E-state index in [0.29, 0.717) is 19.6 Å². The van der Waals surface area contributed by atoms with E-state index in [1.54, 1.807) is 13.8 Å². The van der Waals surface area contributed by atoms with Crippen LogP contribution in [0.1, 0.15) is 26.7 Å². The molecular weight excluding hydrogens is 198 g/mol. The van der Waals surface area contributed by atoms with Crippen LogP contribution in [-0.2, 0) is 9.53 Å². The monoisotopic (exact) mass is 215 g/mol. The Labute approximate surface area is 89.0 Å². The van der Waals surface area contributed by atoms with Gasteiger partial charge in [-0.3, -0.25) is 4.90 Å². The molecule has 86 valence electrons. The summed E-state index contributed by atoms with van der Waals surface area (Å²) < 4.78 is 5.53. The zero-order valence-corrected chi connectivity index (χ0v) is 9.10. The Morgan fingerprint density at radius 3 is 2.87 bits per heavy atom. The number of nitrogens with zero attached hydrogens (tertiary/aromatic N) is 1. The van der Waals surface area contributed by atoms with Crippen molar-refractivity contribution in [2.24, 2.45) is 5.92 Å². The maximum Gasteiger partial charge on any atom is 0.409 e. The van der Waals surface area contributed by atoms with Gasteiger partial charge in [-0.1, -0.05) is 6.92 Å². The molecule has 0 radical (unpaired) electrons. The van der Waals surface area contributed by atoms with Crippen LogP contribution in [0.25, 0.3) is 0 Å². The van der Waals surface area contributed by atoms with E-state index in [2.05, 4.69) is 0 Å². The molecule has 1 aliphatic heterocycles. The minimum absolute atomic E-state index is 0.405. The van der Waals surface area contributed by atoms with Gasteiger partial charge in [0, 0.05) is 13.2 Å². The van der Waals surface area contributed by atoms with Gasteiger partial charge >= 0.3 is 6.09 Å². The SMILES string of the molecule is CCOC1(C(C)C=O)CCCN1C(=O)O. The zero-order chi connectivity index (χ0) is 11.5. The lowest BCUT2D eigenvalue weighted by molar-refractivity contribution is -0.156. The third-order valence-electron chi connectivity index (χ3n) is 2.91. The second-order valence-corrected chi connectivity index (χ2v) is 3.74. The Kier molecular flexibility index (Phi) is 3.68. The Balaban J connectivity index is 2.97. The van der Waals surface area contributed by atoms with Gasteiger partial charge in [-0.15, -0.1) is 0 Å². The molecule has 1 amide bonds. The Hall–Kier alpha value is -1.10. The molecule has 0 spiro atoms. The van der Waals surface area contributed by atoms with Crippen molar-refractivity contribution in [1.82, 2.24) is 4.90 Å². The number of carboxylic acid groups (broad SMARTS) is 1. The molecule has 15 heavy (non-hydrogen) atoms. The van der Waals surface area contributed by atoms with Crippen molar-refractivity contribution in [2.45, 2.75) is 32.4 Å². The predicted molar refractivity (Wildman–Crippen MR) is 53.5 cm³/mol. The van der Waals surface area contributed by atoms with Crippen LogP contribution >= 0.6 is 0 Å². The first-order chi connectivity index (χ1) is 7.08. The van der Waals surface area contributed by atoms with Crippen molar-refractivity contribution in [1.29, 1.82) is 0 Å². The number of amides is 1. The first kappa shape index (κ1) is 12.0. The molecule has 1 heterocycles. The van der Waals surface area contributed by atoms with Crippen LogP contribution in [0.3, 0.4) is 0 Å². The van der Waals surface area contributed by atoms with E-state index in [9.17, 15) is 9.59 Å². The summed E-state index contributed by atoms with van der Waals surface area (Å²) in [6.07, 6.45) is 1.07. The van der Waals surface area contributed by atoms with Gasteiger partial charge in [0.2, 0.25) is 0 Å². The summed E-state index contributed by atoms with van der Waals surface area (Å²) in [5, 5.41) is 9.05. The molecule has 1 fully saturated rings. The normalized spacial score (nSPS) is 27.7. The molecule has 1 rings (SSSR count). The van der Waals surface area contributed by atoms with Gasteiger partial charge in [-0.2, -0.15) is 0 Å². The van der Waals surface area contributed by atoms with Crippen molar-refractivity contribution in [2.75, 3.05) is 13.2 Å². The number of ether oxygens (including phenoxy) is 1. The highest BCUT2D eigenvalue weighted by atomic mass is 16.5. The molecule has 0 aliphatic carbocycles. The molecule has 0 bridgehead atoms. The molecule has 5 nitrogen and oxygen atoms in total. The number of carbonyl (C=O) groups excluding carboxylic acids is 1. The third kappa shape index (κ3) is 1.97. The first-order valence-electron chi connectivity index (χ1n) is 5.18. The number of likely N-dealkylation sites (tertiary alicyclic amines) is 1. The van der Waals surface area contributed by atoms with Crippen LogP contribution in [0.5, 0.6) is 0 Å². The van der Waals surface area contributed by atoms with E-state index in [-0.39, 0.29) is 0 Å². The maximum atomic E-state index is 11.0. The summed E-state index contributed by atoms with van der Waals surface area (Å²) in [6.45, 7) is 4.34. The molecule has 2 atom stereocenters. The molecule has 0 aromatic rings. The first-order valence-corrected chi connectivity index (χ1v) is 5.18. The Bertz CT molecular complexity index is 256. The van der Waals surface area contributed by atoms with Crippen LogP contribution < -0.4 is 0 Å². The van der Waals surface area contributed by atoms with Crippen molar-refractivity contribution >= 4 is 12.4 Å². The van der Waals surface area contributed by atoms with Crippen molar-refractivity contribution < 1.29 is 19.4 Å². The van der Waals surface area contributed by atoms with Crippen LogP contribution in [0.2, 0.25) is 0 Å². The van der Waals surface area contributed by atoms with E-state index in [1.165, 1.54) is 4.90 Å². The van der Waals surface area contributed by atoms with Gasteiger partial charge in [0.15, 0.2) is 5.72 Å². The smallest absolute Gasteiger partial charge is 0.409 e. The van der Waals surface area contributed by atoms with Gasteiger partial charge < -0.3 is 14.6 Å². The Morgan fingerprint density at radius 2 is 2.40 bits per heavy atom. The molecule has 0 aromatic heterocycles. The lowest BCUT2D eigenvalue weighted by Gasteiger charge is -2.38. The van der Waals surface area contributed by atoms with Crippen LogP contribution in [0.4, 0.5) is 4.79 Å². The van der Waals surface area contributed by atoms with E-state index >= 15 is 0 Å². The molecule has 0 aromatic carbocycles. The fraction of sp³-hybridized carbons (Fsp3) is 0.800. The summed E-state index contributed by atoms with van der Waals surface area (Å²) in [6, 6.07) is 0. The van der Waals surface area contributed by atoms with E-state index < -0.39 is 17.7 Å². The largest absolute Gasteiger partial charge is 0.465 e. The van der Waals surface area contributed by atoms with Crippen molar-refractivity contribution in [3.8, 4) is 0 Å². The fourth-order valence-corrected chi connectivity index (χ4v) is 2.18. The molecule has 0 saturated carbocycles. The van der Waals surface area contributed by atoms with E-state index in [0.717, 1.165) is 12.7 Å². The molecular formula is C10H17NO4. The lowest BCUT2D eigenvalue weighted by atomic mass is 9.96. The lowest BCUT2D eigenvalue weighted by Crippen LogP contribution is -2.53.